The summed E-state index contributed by atoms with van der Waals surface area (Å²) in [6, 6.07) is 9.36. The molecule has 1 aromatic rings. The largest absolute Gasteiger partial charge is 0.449 e. The molecule has 0 spiro atoms. The van der Waals surface area contributed by atoms with Gasteiger partial charge >= 0.3 is 55.9 Å². The van der Waals surface area contributed by atoms with Crippen molar-refractivity contribution in [1.82, 2.24) is 4.90 Å². The number of ether oxygens (including phenoxy) is 1. The predicted octanol–water partition coefficient (Wildman–Crippen LogP) is 2.69. The van der Waals surface area contributed by atoms with Crippen LogP contribution < -0.4 is 13.3 Å². The van der Waals surface area contributed by atoms with E-state index in [2.05, 4.69) is 67.6 Å². The van der Waals surface area contributed by atoms with Gasteiger partial charge in [0.05, 0.1) is 0 Å². The first kappa shape index (κ1) is 24.4. The van der Waals surface area contributed by atoms with Gasteiger partial charge in [0.2, 0.25) is 0 Å². The second-order valence-electron chi connectivity index (χ2n) is 3.69. The third-order valence-electron chi connectivity index (χ3n) is 2.54. The van der Waals surface area contributed by atoms with Crippen molar-refractivity contribution in [2.24, 2.45) is 0 Å². The second kappa shape index (κ2) is 19.2. The Morgan fingerprint density at radius 3 is 1.86 bits per heavy atom. The molecular weight excluding hydrogens is 630 g/mol. The molecule has 0 aliphatic carbocycles. The molecule has 0 radical (unpaired) electrons. The first-order valence-electron chi connectivity index (χ1n) is 6.51. The maximum Gasteiger partial charge on any atom is 0.404 e. The van der Waals surface area contributed by atoms with Crippen LogP contribution in [-0.2, 0) is 11.3 Å². The zero-order valence-electron chi connectivity index (χ0n) is 12.5. The van der Waals surface area contributed by atoms with Gasteiger partial charge < -0.3 is 9.64 Å². The van der Waals surface area contributed by atoms with Crippen LogP contribution >= 0.6 is 48.8 Å². The third-order valence-corrected chi connectivity index (χ3v) is 2.65. The van der Waals surface area contributed by atoms with Crippen molar-refractivity contribution < 1.29 is 22.8 Å². The monoisotopic (exact) mass is 652 g/mol. The van der Waals surface area contributed by atoms with Crippen molar-refractivity contribution in [2.45, 2.75) is 27.4 Å². The molecule has 0 N–H and O–H groups in total. The van der Waals surface area contributed by atoms with E-state index in [1.54, 1.807) is 0 Å². The third kappa shape index (κ3) is 19.1. The Bertz CT molecular complexity index is 333. The number of hydrogen-bond acceptors (Lipinski definition) is 3. The zero-order valence-corrected chi connectivity index (χ0v) is 19.7. The molecule has 1 aromatic carbocycles. The Labute approximate surface area is 163 Å². The van der Waals surface area contributed by atoms with Gasteiger partial charge in [-0.15, -0.1) is 0 Å². The molecule has 0 aromatic heterocycles. The Kier molecular flexibility index (Phi) is 22.3. The summed E-state index contributed by atoms with van der Waals surface area (Å²) in [5, 5.41) is 0. The summed E-state index contributed by atoms with van der Waals surface area (Å²) < 4.78 is 4.55. The summed E-state index contributed by atoms with van der Waals surface area (Å²) in [4.78, 5) is 12.5. The number of benzene rings is 1. The molecule has 0 atom stereocenters. The SMILES string of the molecule is CCN(CC)CC.I[I-]I.O=C(Cl)OCc1ccccc1. The van der Waals surface area contributed by atoms with Gasteiger partial charge in [0.1, 0.15) is 6.61 Å². The molecule has 0 aliphatic heterocycles. The minimum Gasteiger partial charge on any atom is -0.449 e. The van der Waals surface area contributed by atoms with Gasteiger partial charge in [-0.05, 0) is 25.2 Å². The fourth-order valence-corrected chi connectivity index (χ4v) is 1.44. The van der Waals surface area contributed by atoms with Gasteiger partial charge in [0, 0.05) is 11.6 Å². The predicted molar refractivity (Wildman–Crippen MR) is 104 cm³/mol. The Hall–Kier alpha value is 1.13. The minimum absolute atomic E-state index is 0.239. The second-order valence-corrected chi connectivity index (χ2v) is 20.2. The fourth-order valence-electron chi connectivity index (χ4n) is 1.39. The van der Waals surface area contributed by atoms with Crippen LogP contribution in [0.15, 0.2) is 30.3 Å². The van der Waals surface area contributed by atoms with Crippen LogP contribution in [0.1, 0.15) is 26.3 Å². The summed E-state index contributed by atoms with van der Waals surface area (Å²) in [6.07, 6.45) is 0. The Morgan fingerprint density at radius 1 is 1.14 bits per heavy atom. The average Bonchev–Trinajstić information content (AvgIpc) is 2.49. The van der Waals surface area contributed by atoms with Gasteiger partial charge in [0.25, 0.3) is 0 Å². The van der Waals surface area contributed by atoms with Crippen molar-refractivity contribution in [3.63, 3.8) is 0 Å². The van der Waals surface area contributed by atoms with E-state index < -0.39 is 5.43 Å². The number of carbonyl (C=O) groups is 1. The standard InChI is InChI=1S/C8H7ClO2.C6H15N.I3/c9-8(10)11-6-7-4-2-1-3-5-7;1-4-7(5-2)6-3;1-3-2/h1-5H,6H2;4-6H2,1-3H3;/q;;-1. The molecule has 0 aliphatic rings. The number of hydrogen-bond donors (Lipinski definition) is 0. The normalized spacial score (nSPS) is 9.29. The summed E-state index contributed by atoms with van der Waals surface area (Å²) >= 11 is 10.3. The van der Waals surface area contributed by atoms with Crippen molar-refractivity contribution >= 4 is 54.3 Å². The van der Waals surface area contributed by atoms with Gasteiger partial charge in [-0.1, -0.05) is 51.1 Å². The molecule has 0 saturated heterocycles. The summed E-state index contributed by atoms with van der Waals surface area (Å²) in [5.74, 6) is 0. The topological polar surface area (TPSA) is 29.5 Å². The maximum absolute atomic E-state index is 10.2. The maximum atomic E-state index is 10.2. The van der Waals surface area contributed by atoms with Crippen LogP contribution in [0.3, 0.4) is 0 Å². The fraction of sp³-hybridized carbons (Fsp3) is 0.500. The molecule has 1 rings (SSSR count). The van der Waals surface area contributed by atoms with Crippen molar-refractivity contribution in [3.8, 4) is 0 Å². The number of nitrogens with zero attached hydrogens (tertiary/aromatic N) is 1. The molecule has 0 fully saturated rings. The summed E-state index contributed by atoms with van der Waals surface area (Å²) in [5.41, 5.74) is 0.162. The van der Waals surface area contributed by atoms with Gasteiger partial charge in [-0.2, -0.15) is 0 Å². The van der Waals surface area contributed by atoms with Crippen molar-refractivity contribution in [3.05, 3.63) is 35.9 Å². The first-order chi connectivity index (χ1) is 10.0. The van der Waals surface area contributed by atoms with E-state index in [1.807, 2.05) is 30.3 Å². The van der Waals surface area contributed by atoms with Crippen LogP contribution in [-0.4, -0.2) is 30.0 Å². The van der Waals surface area contributed by atoms with Gasteiger partial charge in [-0.3, -0.25) is 0 Å². The van der Waals surface area contributed by atoms with Crippen LogP contribution in [0.2, 0.25) is 0 Å². The molecule has 0 unspecified atom stereocenters. The molecule has 0 saturated carbocycles. The van der Waals surface area contributed by atoms with Gasteiger partial charge in [-0.25, -0.2) is 4.79 Å². The molecule has 0 amide bonds. The van der Waals surface area contributed by atoms with Crippen molar-refractivity contribution in [1.29, 1.82) is 0 Å². The minimum atomic E-state index is -0.770. The zero-order chi connectivity index (χ0) is 16.5. The molecule has 0 heterocycles. The summed E-state index contributed by atoms with van der Waals surface area (Å²) in [6.45, 7) is 10.4. The number of carbonyl (C=O) groups excluding carboxylic acids is 1. The van der Waals surface area contributed by atoms with E-state index in [4.69, 9.17) is 11.6 Å². The first-order valence-corrected chi connectivity index (χ1v) is 19.5. The average molecular weight is 652 g/mol. The van der Waals surface area contributed by atoms with E-state index in [9.17, 15) is 4.79 Å². The van der Waals surface area contributed by atoms with E-state index in [1.165, 1.54) is 19.6 Å². The van der Waals surface area contributed by atoms with Crippen LogP contribution in [0, 0.1) is 0 Å². The van der Waals surface area contributed by atoms with Crippen LogP contribution in [0.25, 0.3) is 0 Å². The molecular formula is C14H22ClI3NO2-. The van der Waals surface area contributed by atoms with E-state index in [0.717, 1.165) is 5.56 Å². The smallest absolute Gasteiger partial charge is 0.404 e. The Balaban J connectivity index is 0. The molecule has 7 heteroatoms. The van der Waals surface area contributed by atoms with Crippen LogP contribution in [0.4, 0.5) is 4.79 Å². The molecule has 0 bridgehead atoms. The molecule has 3 nitrogen and oxygen atoms in total. The van der Waals surface area contributed by atoms with Gasteiger partial charge in [0.15, 0.2) is 0 Å². The Morgan fingerprint density at radius 2 is 1.57 bits per heavy atom. The van der Waals surface area contributed by atoms with Crippen molar-refractivity contribution in [2.75, 3.05) is 19.6 Å². The number of halogens is 4. The van der Waals surface area contributed by atoms with E-state index in [-0.39, 0.29) is 6.61 Å². The number of rotatable bonds is 5. The van der Waals surface area contributed by atoms with E-state index >= 15 is 0 Å². The molecule has 21 heavy (non-hydrogen) atoms. The van der Waals surface area contributed by atoms with Crippen LogP contribution in [0.5, 0.6) is 0 Å². The summed E-state index contributed by atoms with van der Waals surface area (Å²) in [7, 11) is 0. The van der Waals surface area contributed by atoms with E-state index in [0.29, 0.717) is 13.3 Å². The molecule has 124 valence electrons. The quantitative estimate of drug-likeness (QED) is 0.362.